The first-order valence-corrected chi connectivity index (χ1v) is 9.05. The van der Waals surface area contributed by atoms with Crippen molar-refractivity contribution < 1.29 is 4.79 Å². The molecule has 1 saturated heterocycles. The second-order valence-electron chi connectivity index (χ2n) is 7.21. The minimum atomic E-state index is 0.123. The third-order valence-corrected chi connectivity index (χ3v) is 5.30. The van der Waals surface area contributed by atoms with Gasteiger partial charge in [-0.3, -0.25) is 9.69 Å². The van der Waals surface area contributed by atoms with Crippen molar-refractivity contribution in [3.8, 4) is 0 Å². The molecule has 4 heteroatoms. The van der Waals surface area contributed by atoms with E-state index in [9.17, 15) is 4.79 Å². The number of amides is 1. The molecule has 1 fully saturated rings. The number of nitrogens with zero attached hydrogens (tertiary/aromatic N) is 3. The van der Waals surface area contributed by atoms with Gasteiger partial charge in [-0.05, 0) is 35.9 Å². The van der Waals surface area contributed by atoms with Crippen LogP contribution in [0.25, 0.3) is 0 Å². The van der Waals surface area contributed by atoms with Gasteiger partial charge in [-0.25, -0.2) is 0 Å². The molecular formula is C21H25N3O. The number of rotatable bonds is 3. The summed E-state index contributed by atoms with van der Waals surface area (Å²) in [5.41, 5.74) is 4.72. The van der Waals surface area contributed by atoms with Crippen molar-refractivity contribution in [2.45, 2.75) is 19.6 Å². The van der Waals surface area contributed by atoms with Crippen molar-refractivity contribution in [2.75, 3.05) is 33.2 Å². The minimum Gasteiger partial charge on any atom is -0.330 e. The number of carbonyl (C=O) groups excluding carboxylic acids is 1. The molecule has 4 nitrogen and oxygen atoms in total. The summed E-state index contributed by atoms with van der Waals surface area (Å²) in [6, 6.07) is 16.3. The third-order valence-electron chi connectivity index (χ3n) is 5.30. The van der Waals surface area contributed by atoms with Gasteiger partial charge in [0.1, 0.15) is 0 Å². The fourth-order valence-electron chi connectivity index (χ4n) is 3.72. The van der Waals surface area contributed by atoms with Gasteiger partial charge >= 0.3 is 0 Å². The molecule has 130 valence electrons. The Hall–Kier alpha value is -2.17. The van der Waals surface area contributed by atoms with Crippen LogP contribution in [0.5, 0.6) is 0 Å². The van der Waals surface area contributed by atoms with E-state index in [1.54, 1.807) is 0 Å². The van der Waals surface area contributed by atoms with E-state index in [0.29, 0.717) is 0 Å². The van der Waals surface area contributed by atoms with Crippen LogP contribution >= 0.6 is 0 Å². The highest BCUT2D eigenvalue weighted by atomic mass is 16.2. The maximum atomic E-state index is 12.7. The van der Waals surface area contributed by atoms with Gasteiger partial charge < -0.3 is 9.80 Å². The SMILES string of the molecule is CN1CCN(Cc2ccc3c(c2)CN(C(=O)c2ccccc2)C3)CC1. The topological polar surface area (TPSA) is 26.8 Å². The molecule has 0 aromatic heterocycles. The van der Waals surface area contributed by atoms with E-state index < -0.39 is 0 Å². The van der Waals surface area contributed by atoms with Gasteiger partial charge in [0.25, 0.3) is 5.91 Å². The molecule has 0 atom stereocenters. The minimum absolute atomic E-state index is 0.123. The quantitative estimate of drug-likeness (QED) is 0.863. The number of benzene rings is 2. The molecule has 1 amide bonds. The summed E-state index contributed by atoms with van der Waals surface area (Å²) in [6.45, 7) is 7.00. The Bertz CT molecular complexity index is 751. The van der Waals surface area contributed by atoms with Crippen molar-refractivity contribution in [3.63, 3.8) is 0 Å². The van der Waals surface area contributed by atoms with E-state index in [1.807, 2.05) is 35.2 Å². The van der Waals surface area contributed by atoms with Gasteiger partial charge in [-0.1, -0.05) is 36.4 Å². The highest BCUT2D eigenvalue weighted by Crippen LogP contribution is 2.26. The summed E-state index contributed by atoms with van der Waals surface area (Å²) < 4.78 is 0. The van der Waals surface area contributed by atoms with Crippen LogP contribution in [-0.2, 0) is 19.6 Å². The zero-order valence-corrected chi connectivity index (χ0v) is 14.8. The monoisotopic (exact) mass is 335 g/mol. The van der Waals surface area contributed by atoms with E-state index in [1.165, 1.54) is 16.7 Å². The molecule has 2 heterocycles. The molecule has 2 aliphatic rings. The number of piperazine rings is 1. The molecule has 0 radical (unpaired) electrons. The molecule has 2 aromatic rings. The van der Waals surface area contributed by atoms with Crippen molar-refractivity contribution >= 4 is 5.91 Å². The Morgan fingerprint density at radius 1 is 0.920 bits per heavy atom. The molecule has 0 unspecified atom stereocenters. The fourth-order valence-corrected chi connectivity index (χ4v) is 3.72. The number of carbonyl (C=O) groups is 1. The van der Waals surface area contributed by atoms with Gasteiger partial charge in [0.2, 0.25) is 0 Å². The van der Waals surface area contributed by atoms with E-state index in [0.717, 1.165) is 51.4 Å². The maximum absolute atomic E-state index is 12.7. The first-order chi connectivity index (χ1) is 12.2. The van der Waals surface area contributed by atoms with Crippen LogP contribution in [0.15, 0.2) is 48.5 Å². The molecular weight excluding hydrogens is 310 g/mol. The molecule has 2 aromatic carbocycles. The predicted molar refractivity (Wildman–Crippen MR) is 99.2 cm³/mol. The first kappa shape index (κ1) is 16.3. The normalized spacial score (nSPS) is 18.4. The van der Waals surface area contributed by atoms with Crippen LogP contribution in [0.4, 0.5) is 0 Å². The molecule has 0 aliphatic carbocycles. The van der Waals surface area contributed by atoms with E-state index in [4.69, 9.17) is 0 Å². The second-order valence-corrected chi connectivity index (χ2v) is 7.21. The van der Waals surface area contributed by atoms with Gasteiger partial charge in [0.05, 0.1) is 0 Å². The lowest BCUT2D eigenvalue weighted by atomic mass is 10.1. The Labute approximate surface area is 149 Å². The van der Waals surface area contributed by atoms with Crippen LogP contribution in [0.3, 0.4) is 0 Å². The average Bonchev–Trinajstić information content (AvgIpc) is 3.07. The number of hydrogen-bond donors (Lipinski definition) is 0. The van der Waals surface area contributed by atoms with Crippen LogP contribution in [0.2, 0.25) is 0 Å². The average molecular weight is 335 g/mol. The van der Waals surface area contributed by atoms with Crippen molar-refractivity contribution in [2.24, 2.45) is 0 Å². The summed E-state index contributed by atoms with van der Waals surface area (Å²) in [4.78, 5) is 19.5. The van der Waals surface area contributed by atoms with Gasteiger partial charge in [-0.2, -0.15) is 0 Å². The molecule has 0 N–H and O–H groups in total. The van der Waals surface area contributed by atoms with Crippen LogP contribution in [0, 0.1) is 0 Å². The molecule has 4 rings (SSSR count). The second kappa shape index (κ2) is 6.98. The number of hydrogen-bond acceptors (Lipinski definition) is 3. The lowest BCUT2D eigenvalue weighted by molar-refractivity contribution is 0.0751. The van der Waals surface area contributed by atoms with Crippen LogP contribution in [0.1, 0.15) is 27.0 Å². The molecule has 25 heavy (non-hydrogen) atoms. The standard InChI is InChI=1S/C21H25N3O/c1-22-9-11-23(12-10-22)14-17-7-8-19-15-24(16-20(19)13-17)21(25)18-5-3-2-4-6-18/h2-8,13H,9-12,14-16H2,1H3. The summed E-state index contributed by atoms with van der Waals surface area (Å²) in [5, 5.41) is 0. The molecule has 0 spiro atoms. The van der Waals surface area contributed by atoms with E-state index in [2.05, 4.69) is 35.0 Å². The number of likely N-dealkylation sites (N-methyl/N-ethyl adjacent to an activating group) is 1. The first-order valence-electron chi connectivity index (χ1n) is 9.05. The smallest absolute Gasteiger partial charge is 0.254 e. The van der Waals surface area contributed by atoms with Crippen molar-refractivity contribution in [1.82, 2.24) is 14.7 Å². The van der Waals surface area contributed by atoms with Crippen molar-refractivity contribution in [1.29, 1.82) is 0 Å². The summed E-state index contributed by atoms with van der Waals surface area (Å²) in [7, 11) is 2.19. The fraction of sp³-hybridized carbons (Fsp3) is 0.381. The third kappa shape index (κ3) is 3.60. The Morgan fingerprint density at radius 3 is 2.40 bits per heavy atom. The summed E-state index contributed by atoms with van der Waals surface area (Å²) in [5.74, 6) is 0.123. The lowest BCUT2D eigenvalue weighted by Gasteiger charge is -2.32. The highest BCUT2D eigenvalue weighted by Gasteiger charge is 2.24. The van der Waals surface area contributed by atoms with E-state index >= 15 is 0 Å². The number of fused-ring (bicyclic) bond motifs is 1. The van der Waals surface area contributed by atoms with Gasteiger partial charge in [0, 0.05) is 51.4 Å². The Balaban J connectivity index is 1.43. The Morgan fingerprint density at radius 2 is 1.64 bits per heavy atom. The zero-order valence-electron chi connectivity index (χ0n) is 14.8. The maximum Gasteiger partial charge on any atom is 0.254 e. The molecule has 0 saturated carbocycles. The van der Waals surface area contributed by atoms with Crippen molar-refractivity contribution in [3.05, 3.63) is 70.8 Å². The van der Waals surface area contributed by atoms with Crippen LogP contribution < -0.4 is 0 Å². The predicted octanol–water partition coefficient (Wildman–Crippen LogP) is 2.59. The van der Waals surface area contributed by atoms with Crippen LogP contribution in [-0.4, -0.2) is 53.8 Å². The lowest BCUT2D eigenvalue weighted by Crippen LogP contribution is -2.43. The summed E-state index contributed by atoms with van der Waals surface area (Å²) in [6.07, 6.45) is 0. The summed E-state index contributed by atoms with van der Waals surface area (Å²) >= 11 is 0. The molecule has 2 aliphatic heterocycles. The van der Waals surface area contributed by atoms with Gasteiger partial charge in [-0.15, -0.1) is 0 Å². The zero-order chi connectivity index (χ0) is 17.2. The largest absolute Gasteiger partial charge is 0.330 e. The van der Waals surface area contributed by atoms with Gasteiger partial charge in [0.15, 0.2) is 0 Å². The molecule has 0 bridgehead atoms. The van der Waals surface area contributed by atoms with E-state index in [-0.39, 0.29) is 5.91 Å². The highest BCUT2D eigenvalue weighted by molar-refractivity contribution is 5.94. The Kier molecular flexibility index (Phi) is 4.55.